The molecule has 746 valence electrons. The summed E-state index contributed by atoms with van der Waals surface area (Å²) in [5, 5.41) is 30.7. The third-order valence-corrected chi connectivity index (χ3v) is 33.1. The van der Waals surface area contributed by atoms with Crippen molar-refractivity contribution < 1.29 is 100 Å². The van der Waals surface area contributed by atoms with Gasteiger partial charge in [-0.2, -0.15) is 13.1 Å². The normalized spacial score (nSPS) is 15.8. The van der Waals surface area contributed by atoms with Gasteiger partial charge < -0.3 is 113 Å². The number of carboxylic acids is 1. The summed E-state index contributed by atoms with van der Waals surface area (Å²) < 4.78 is 83.2. The van der Waals surface area contributed by atoms with Crippen molar-refractivity contribution in [3.63, 3.8) is 0 Å². The molecule has 0 bridgehead atoms. The van der Waals surface area contributed by atoms with Crippen LogP contribution < -0.4 is 50.2 Å². The Labute approximate surface area is 804 Å². The van der Waals surface area contributed by atoms with Gasteiger partial charge in [0.2, 0.25) is 35.2 Å². The van der Waals surface area contributed by atoms with Gasteiger partial charge in [0, 0.05) is 142 Å². The first-order valence-electron chi connectivity index (χ1n) is 44.9. The maximum atomic E-state index is 13.0. The molecule has 7 N–H and O–H groups in total. The van der Waals surface area contributed by atoms with Crippen molar-refractivity contribution in [2.45, 2.75) is 255 Å². The van der Waals surface area contributed by atoms with Gasteiger partial charge in [-0.05, 0) is 169 Å². The molecular formula is C89H147ClN17O21S3Si2+. The van der Waals surface area contributed by atoms with Gasteiger partial charge >= 0.3 is 23.2 Å². The largest absolute Gasteiger partial charge is 0.479 e. The highest BCUT2D eigenvalue weighted by Crippen LogP contribution is 2.41. The number of rotatable bonds is 37. The van der Waals surface area contributed by atoms with Crippen molar-refractivity contribution in [1.82, 2.24) is 56.6 Å². The van der Waals surface area contributed by atoms with Crippen molar-refractivity contribution in [3.05, 3.63) is 53.2 Å². The fourth-order valence-electron chi connectivity index (χ4n) is 13.1. The number of aliphatic carboxylic acids is 1. The molecule has 0 aliphatic carbocycles. The fourth-order valence-corrected chi connectivity index (χ4v) is 17.4. The fraction of sp³-hybridized carbons (Fsp3) is 0.685. The van der Waals surface area contributed by atoms with Gasteiger partial charge in [0.25, 0.3) is 29.5 Å². The Morgan fingerprint density at radius 1 is 0.639 bits per heavy atom. The number of aromatic amines is 1. The van der Waals surface area contributed by atoms with Crippen LogP contribution in [0.25, 0.3) is 11.6 Å². The summed E-state index contributed by atoms with van der Waals surface area (Å²) in [6.45, 7) is 70.9. The first-order valence-corrected chi connectivity index (χ1v) is 53.3. The van der Waals surface area contributed by atoms with Gasteiger partial charge in [-0.15, -0.1) is 13.1 Å². The number of hydrogen-bond acceptors (Lipinski definition) is 34. The molecule has 5 atom stereocenters. The number of aromatic nitrogens is 7. The maximum Gasteiger partial charge on any atom is 0.396 e. The number of likely N-dealkylation sites (N-methyl/N-ethyl adjacent to an activating group) is 1. The average molecular weight is 1980 g/mol. The summed E-state index contributed by atoms with van der Waals surface area (Å²) >= 11 is 7.94. The number of β-amino-alcohol motifs (C(OH)–C–C–N with tert-alkyl or cyclic N) is 1. The molecule has 0 unspecified atom stereocenters. The van der Waals surface area contributed by atoms with E-state index in [-0.39, 0.29) is 88.5 Å². The molecule has 1 aromatic carbocycles. The van der Waals surface area contributed by atoms with Gasteiger partial charge in [-0.25, -0.2) is 14.4 Å². The number of aliphatic hydroxyl groups excluding tert-OH is 1. The molecular weight excluding hydrogens is 1830 g/mol. The first-order chi connectivity index (χ1) is 61.9. The van der Waals surface area contributed by atoms with Crippen LogP contribution in [-0.2, 0) is 70.9 Å². The lowest BCUT2D eigenvalue weighted by atomic mass is 10.0. The molecule has 0 saturated carbocycles. The van der Waals surface area contributed by atoms with Crippen LogP contribution in [0.5, 0.6) is 17.6 Å². The minimum Gasteiger partial charge on any atom is -0.479 e. The van der Waals surface area contributed by atoms with Crippen LogP contribution in [0.1, 0.15) is 191 Å². The zero-order valence-corrected chi connectivity index (χ0v) is 88.2. The molecule has 5 amide bonds. The van der Waals surface area contributed by atoms with Crippen molar-refractivity contribution in [2.24, 2.45) is 0 Å². The lowest BCUT2D eigenvalue weighted by molar-refractivity contribution is -0.175. The number of hydrogen-bond donors (Lipinski definition) is 7. The highest BCUT2D eigenvalue weighted by molar-refractivity contribution is 7.00. The molecule has 4 aliphatic rings. The summed E-state index contributed by atoms with van der Waals surface area (Å²) in [5.41, 5.74) is 3.67. The number of carbonyl (C=O) groups excluding carboxylic acids is 8. The number of benzene rings is 1. The number of fused-ring (bicyclic) bond motifs is 1. The van der Waals surface area contributed by atoms with Gasteiger partial charge in [-0.1, -0.05) is 55.4 Å². The number of halogens is 1. The molecule has 9 rings (SSSR count). The molecule has 38 nitrogen and oxygen atoms in total. The number of morpholine rings is 3. The van der Waals surface area contributed by atoms with Crippen LogP contribution in [0, 0.1) is 20.8 Å². The van der Waals surface area contributed by atoms with Crippen molar-refractivity contribution in [2.75, 3.05) is 170 Å². The number of esters is 2. The van der Waals surface area contributed by atoms with E-state index in [1.807, 2.05) is 53.4 Å². The summed E-state index contributed by atoms with van der Waals surface area (Å²) in [6.07, 6.45) is -2.79. The molecule has 4 aliphatic heterocycles. The Kier molecular flexibility index (Phi) is 45.5. The predicted molar refractivity (Wildman–Crippen MR) is 524 cm³/mol. The Morgan fingerprint density at radius 3 is 1.50 bits per heavy atom. The molecule has 3 fully saturated rings. The molecule has 3 saturated heterocycles. The number of carbonyl (C=O) groups is 9. The SMILES string of the molecule is CC(=O)N(C[C@@H](COc1nsnc1N1CCOCC1)O[Si](C)(C)C(C)(C)C)C(C)(C)C.CC(=O)N(C[C@H](O)COc1nsnc1N1CCOCC1)C(C)(C)C.CC(C)(C)NC[C@@H](COc1nsnc1N1CCOCC1)O[Si](C)(C)C(C)(C)C.CCN(CC)CCNC(=O)c1c(C)[nH]c(/C=C2\C(=O)Nc3ccc(NC(=O)CCC(=O)O[C@@H](C)C(=O)O[C@@H](C)C(=O)O)cc32)c1C.[CH2+]C(=O)Cl. The van der Waals surface area contributed by atoms with E-state index in [4.69, 9.17) is 51.9 Å². The van der Waals surface area contributed by atoms with Crippen LogP contribution >= 0.6 is 46.8 Å². The number of nitrogens with zero attached hydrogens (tertiary/aromatic N) is 12. The van der Waals surface area contributed by atoms with E-state index >= 15 is 0 Å². The van der Waals surface area contributed by atoms with Crippen molar-refractivity contribution in [1.29, 1.82) is 0 Å². The van der Waals surface area contributed by atoms with E-state index in [1.165, 1.54) is 25.6 Å². The molecule has 8 heterocycles. The molecule has 5 aromatic rings. The molecule has 133 heavy (non-hydrogen) atoms. The van der Waals surface area contributed by atoms with E-state index in [0.29, 0.717) is 134 Å². The number of amides is 5. The first kappa shape index (κ1) is 115. The van der Waals surface area contributed by atoms with E-state index in [0.717, 1.165) is 107 Å². The monoisotopic (exact) mass is 1980 g/mol. The highest BCUT2D eigenvalue weighted by Gasteiger charge is 2.43. The topological polar surface area (TPSA) is 447 Å². The average Bonchev–Trinajstić information content (AvgIpc) is 1.65. The third-order valence-electron chi connectivity index (χ3n) is 22.6. The second-order valence-corrected chi connectivity index (χ2v) is 50.0. The molecule has 0 radical (unpaired) electrons. The zero-order valence-electron chi connectivity index (χ0n) is 83.0. The maximum absolute atomic E-state index is 13.0. The van der Waals surface area contributed by atoms with Crippen molar-refractivity contribution in [3.8, 4) is 17.6 Å². The number of nitrogens with one attached hydrogen (secondary N) is 5. The third kappa shape index (κ3) is 38.1. The molecule has 44 heteroatoms. The second-order valence-electron chi connectivity index (χ2n) is 38.5. The van der Waals surface area contributed by atoms with E-state index in [1.54, 1.807) is 43.0 Å². The lowest BCUT2D eigenvalue weighted by Crippen LogP contribution is -2.53. The van der Waals surface area contributed by atoms with Gasteiger partial charge in [0.05, 0.1) is 111 Å². The number of aliphatic hydroxyl groups is 1. The van der Waals surface area contributed by atoms with Gasteiger partial charge in [0.15, 0.2) is 35.8 Å². The number of ether oxygens (including phenoxy) is 8. The number of carboxylic acid groups (broad SMARTS) is 1. The lowest BCUT2D eigenvalue weighted by Gasteiger charge is -2.42. The predicted octanol–water partition coefficient (Wildman–Crippen LogP) is 11.5. The van der Waals surface area contributed by atoms with E-state index in [2.05, 4.69) is 198 Å². The van der Waals surface area contributed by atoms with Crippen LogP contribution in [0.4, 0.5) is 28.8 Å². The summed E-state index contributed by atoms with van der Waals surface area (Å²) in [7, 11) is -3.99. The zero-order chi connectivity index (χ0) is 99.9. The Hall–Kier alpha value is -8.58. The summed E-state index contributed by atoms with van der Waals surface area (Å²) in [6, 6.07) is 4.87. The minimum atomic E-state index is -2.07. The van der Waals surface area contributed by atoms with Crippen molar-refractivity contribution >= 4 is 157 Å². The summed E-state index contributed by atoms with van der Waals surface area (Å²) in [5.74, 6) is -0.483. The Bertz CT molecular complexity index is 4590. The minimum absolute atomic E-state index is 0.0240. The van der Waals surface area contributed by atoms with Crippen LogP contribution in [0.3, 0.4) is 0 Å². The van der Waals surface area contributed by atoms with E-state index < -0.39 is 64.0 Å². The molecule has 4 aromatic heterocycles. The van der Waals surface area contributed by atoms with Gasteiger partial charge in [0.1, 0.15) is 25.9 Å². The Morgan fingerprint density at radius 2 is 1.08 bits per heavy atom. The number of H-pyrrole nitrogens is 1. The van der Waals surface area contributed by atoms with Crippen LogP contribution in [-0.4, -0.2) is 317 Å². The second kappa shape index (κ2) is 52.7. The smallest absolute Gasteiger partial charge is 0.396 e. The molecule has 0 spiro atoms. The number of anilines is 5. The Balaban J connectivity index is 0.000000318. The van der Waals surface area contributed by atoms with Gasteiger partial charge in [-0.3, -0.25) is 28.8 Å². The quantitative estimate of drug-likeness (QED) is 0.00638. The highest BCUT2D eigenvalue weighted by atomic mass is 35.5. The summed E-state index contributed by atoms with van der Waals surface area (Å²) in [4.78, 5) is 122. The number of aryl methyl sites for hydroxylation is 1. The standard InChI is InChI=1S/C32H41N5O9.C21H40N4O4SSi.C19H38N4O3SSi.C15H26N4O4S.C2H2ClO/c1-7-37(8-2)14-13-33-30(41)28-17(3)25(34-18(28)4)16-23-22-15-21(9-10-24(22)36-29(23)40)35-26(38)11-12-27(39)45-20(6)32(44)46-19(5)31(42)43;1-16(26)25(20(2,3)4)14-17(29-31(8,9)21(5,6)7)15-28-19-18(22-30-23-19)24-10-12-27-13-11-24;1-18(2,3)20-13-15(26-28(7,8)19(4,5)6)14-25-17-16(21-27-22-17)23-9-11-24-12-10-23;1-11(20)19(15(2,3)4)9-12(21)10-23-14-13(16-24-17-14)18-5-7-22-8-6-18;1-2(3)4/h9-10,15-16,19-20,34H,7-8,11-14H2,1-6H3,(H,33,41)(H,35,38)(H,36,40)(H,42,43);17H,10-15H2,1-9H3;15,20H,9-14H2,1-8H3;12,21H,5-10H2,1-4H3;1H2/q;;;;+1/b23-16-;;;;/t19-,20-;17-;15-;12-;/m0000./s1. The van der Waals surface area contributed by atoms with Crippen LogP contribution in [0.15, 0.2) is 18.2 Å². The van der Waals surface area contributed by atoms with E-state index in [9.17, 15) is 43.5 Å². The van der Waals surface area contributed by atoms with Crippen LogP contribution in [0.2, 0.25) is 36.3 Å².